The fraction of sp³-hybridized carbons (Fsp3) is 0.303. The monoisotopic (exact) mass is 568 g/mol. The number of hydrogen-bond donors (Lipinski definition) is 1. The molecular weight excluding hydrogens is 536 g/mol. The van der Waals surface area contributed by atoms with Crippen molar-refractivity contribution in [3.63, 3.8) is 0 Å². The lowest BCUT2D eigenvalue weighted by molar-refractivity contribution is -0.132. The van der Waals surface area contributed by atoms with Crippen molar-refractivity contribution in [3.05, 3.63) is 88.5 Å². The van der Waals surface area contributed by atoms with Crippen molar-refractivity contribution < 1.29 is 24.2 Å². The molecule has 8 heteroatoms. The van der Waals surface area contributed by atoms with E-state index in [1.54, 1.807) is 12.1 Å². The molecule has 7 nitrogen and oxygen atoms in total. The highest BCUT2D eigenvalue weighted by Crippen LogP contribution is 2.45. The molecule has 4 aromatic rings. The predicted molar refractivity (Wildman–Crippen MR) is 161 cm³/mol. The molecule has 0 saturated carbocycles. The summed E-state index contributed by atoms with van der Waals surface area (Å²) in [5, 5.41) is 12.0. The van der Waals surface area contributed by atoms with Gasteiger partial charge in [0.25, 0.3) is 5.78 Å². The maximum Gasteiger partial charge on any atom is 0.301 e. The smallest absolute Gasteiger partial charge is 0.301 e. The van der Waals surface area contributed by atoms with Crippen LogP contribution in [0.5, 0.6) is 11.5 Å². The number of hydrogen-bond acceptors (Lipinski definition) is 7. The molecule has 3 aromatic carbocycles. The van der Waals surface area contributed by atoms with E-state index in [0.29, 0.717) is 41.0 Å². The van der Waals surface area contributed by atoms with Crippen molar-refractivity contribution >= 4 is 44.1 Å². The summed E-state index contributed by atoms with van der Waals surface area (Å²) in [7, 11) is 0. The molecule has 1 saturated heterocycles. The van der Waals surface area contributed by atoms with E-state index < -0.39 is 17.7 Å². The van der Waals surface area contributed by atoms with Gasteiger partial charge in [0.2, 0.25) is 0 Å². The average molecular weight is 569 g/mol. The summed E-state index contributed by atoms with van der Waals surface area (Å²) in [5.41, 5.74) is 3.92. The summed E-state index contributed by atoms with van der Waals surface area (Å²) >= 11 is 1.35. The second-order valence-corrected chi connectivity index (χ2v) is 12.2. The van der Waals surface area contributed by atoms with Crippen molar-refractivity contribution in [2.24, 2.45) is 5.92 Å². The van der Waals surface area contributed by atoms with E-state index in [0.717, 1.165) is 33.5 Å². The van der Waals surface area contributed by atoms with Crippen LogP contribution in [0.1, 0.15) is 55.5 Å². The molecular formula is C33H32N2O5S. The summed E-state index contributed by atoms with van der Waals surface area (Å²) in [6.45, 7) is 8.81. The van der Waals surface area contributed by atoms with Gasteiger partial charge in [0.15, 0.2) is 5.13 Å². The molecule has 0 radical (unpaired) electrons. The van der Waals surface area contributed by atoms with E-state index in [1.165, 1.54) is 16.2 Å². The molecule has 3 heterocycles. The van der Waals surface area contributed by atoms with Gasteiger partial charge in [0.1, 0.15) is 23.4 Å². The molecule has 2 aliphatic heterocycles. The minimum atomic E-state index is -0.881. The van der Waals surface area contributed by atoms with E-state index in [1.807, 2.05) is 62.4 Å². The van der Waals surface area contributed by atoms with E-state index in [2.05, 4.69) is 13.8 Å². The molecule has 2 aliphatic rings. The summed E-state index contributed by atoms with van der Waals surface area (Å²) < 4.78 is 12.8. The first-order chi connectivity index (χ1) is 19.7. The lowest BCUT2D eigenvalue weighted by atomic mass is 9.94. The fourth-order valence-electron chi connectivity index (χ4n) is 5.38. The fourth-order valence-corrected chi connectivity index (χ4v) is 6.47. The molecule has 1 fully saturated rings. The third kappa shape index (κ3) is 5.08. The highest BCUT2D eigenvalue weighted by Gasteiger charge is 2.48. The Hall–Kier alpha value is -4.17. The molecule has 210 valence electrons. The van der Waals surface area contributed by atoms with Crippen LogP contribution in [0.25, 0.3) is 16.0 Å². The third-order valence-electron chi connectivity index (χ3n) is 7.49. The Kier molecular flexibility index (Phi) is 7.03. The lowest BCUT2D eigenvalue weighted by Crippen LogP contribution is -2.29. The van der Waals surface area contributed by atoms with Crippen LogP contribution in [-0.2, 0) is 16.0 Å². The first kappa shape index (κ1) is 27.0. The maximum absolute atomic E-state index is 13.7. The van der Waals surface area contributed by atoms with Gasteiger partial charge in [-0.3, -0.25) is 14.5 Å². The largest absolute Gasteiger partial charge is 0.507 e. The standard InChI is InChI=1S/C33H32N2O5S/c1-18(2)12-13-39-24-7-5-6-21(17-24)29-28(30(36)22-9-11-26-23(16-22)15-20(4)40-26)31(37)32(38)35(29)33-34-25-10-8-19(3)14-27(25)41-33/h5-11,14,16-18,20,29,36H,12-13,15H2,1-4H3/b30-28+. The van der Waals surface area contributed by atoms with Gasteiger partial charge in [0, 0.05) is 12.0 Å². The zero-order chi connectivity index (χ0) is 28.8. The van der Waals surface area contributed by atoms with Crippen molar-refractivity contribution in [2.75, 3.05) is 11.5 Å². The highest BCUT2D eigenvalue weighted by molar-refractivity contribution is 7.22. The van der Waals surface area contributed by atoms with Gasteiger partial charge >= 0.3 is 5.91 Å². The second kappa shape index (κ2) is 10.7. The van der Waals surface area contributed by atoms with Crippen LogP contribution < -0.4 is 14.4 Å². The molecule has 1 N–H and O–H groups in total. The Morgan fingerprint density at radius 1 is 1.15 bits per heavy atom. The van der Waals surface area contributed by atoms with Crippen LogP contribution >= 0.6 is 11.3 Å². The molecule has 6 rings (SSSR count). The molecule has 2 unspecified atom stereocenters. The Bertz CT molecular complexity index is 1710. The number of nitrogens with zero attached hydrogens (tertiary/aromatic N) is 2. The second-order valence-electron chi connectivity index (χ2n) is 11.2. The Balaban J connectivity index is 1.48. The number of thiazole rings is 1. The number of ether oxygens (including phenoxy) is 2. The van der Waals surface area contributed by atoms with Crippen LogP contribution in [-0.4, -0.2) is 34.5 Å². The quantitative estimate of drug-likeness (QED) is 0.147. The van der Waals surface area contributed by atoms with Crippen molar-refractivity contribution in [1.29, 1.82) is 0 Å². The van der Waals surface area contributed by atoms with Gasteiger partial charge in [-0.2, -0.15) is 0 Å². The number of carbonyl (C=O) groups excluding carboxylic acids is 2. The Labute approximate surface area is 243 Å². The Morgan fingerprint density at radius 3 is 2.78 bits per heavy atom. The molecule has 1 amide bonds. The van der Waals surface area contributed by atoms with Crippen LogP contribution in [0.2, 0.25) is 0 Å². The number of fused-ring (bicyclic) bond motifs is 2. The first-order valence-corrected chi connectivity index (χ1v) is 14.7. The van der Waals surface area contributed by atoms with Crippen LogP contribution in [0.3, 0.4) is 0 Å². The predicted octanol–water partition coefficient (Wildman–Crippen LogP) is 6.98. The zero-order valence-electron chi connectivity index (χ0n) is 23.5. The summed E-state index contributed by atoms with van der Waals surface area (Å²) in [5.74, 6) is 0.199. The van der Waals surface area contributed by atoms with Gasteiger partial charge in [0.05, 0.1) is 28.4 Å². The minimum absolute atomic E-state index is 0.0247. The lowest BCUT2D eigenvalue weighted by Gasteiger charge is -2.23. The van der Waals surface area contributed by atoms with E-state index >= 15 is 0 Å². The van der Waals surface area contributed by atoms with Gasteiger partial charge < -0.3 is 14.6 Å². The molecule has 2 atom stereocenters. The van der Waals surface area contributed by atoms with E-state index in [4.69, 9.17) is 14.5 Å². The topological polar surface area (TPSA) is 89.0 Å². The number of rotatable bonds is 7. The maximum atomic E-state index is 13.7. The van der Waals surface area contributed by atoms with E-state index in [9.17, 15) is 14.7 Å². The van der Waals surface area contributed by atoms with Gasteiger partial charge in [-0.1, -0.05) is 43.4 Å². The zero-order valence-corrected chi connectivity index (χ0v) is 24.3. The van der Waals surface area contributed by atoms with Gasteiger partial charge in [-0.05, 0) is 85.3 Å². The summed E-state index contributed by atoms with van der Waals surface area (Å²) in [4.78, 5) is 33.5. The SMILES string of the molecule is Cc1ccc2nc(N3C(=O)C(=O)/C(=C(/O)c4ccc5c(c4)CC(C)O5)C3c3cccc(OCCC(C)C)c3)sc2c1. The van der Waals surface area contributed by atoms with Gasteiger partial charge in [-0.25, -0.2) is 4.98 Å². The van der Waals surface area contributed by atoms with Crippen LogP contribution in [0.15, 0.2) is 66.2 Å². The number of benzene rings is 3. The number of ketones is 1. The molecule has 0 spiro atoms. The minimum Gasteiger partial charge on any atom is -0.507 e. The van der Waals surface area contributed by atoms with Crippen molar-refractivity contribution in [3.8, 4) is 11.5 Å². The number of carbonyl (C=O) groups is 2. The van der Waals surface area contributed by atoms with Crippen molar-refractivity contribution in [2.45, 2.75) is 52.7 Å². The normalized spacial score (nSPS) is 19.7. The van der Waals surface area contributed by atoms with Crippen molar-refractivity contribution in [1.82, 2.24) is 4.98 Å². The van der Waals surface area contributed by atoms with Crippen LogP contribution in [0.4, 0.5) is 5.13 Å². The summed E-state index contributed by atoms with van der Waals surface area (Å²) in [6, 6.07) is 17.8. The molecule has 0 aliphatic carbocycles. The number of anilines is 1. The Morgan fingerprint density at radius 2 is 1.98 bits per heavy atom. The van der Waals surface area contributed by atoms with Crippen LogP contribution in [0, 0.1) is 12.8 Å². The molecule has 1 aromatic heterocycles. The average Bonchev–Trinajstić information content (AvgIpc) is 3.60. The number of Topliss-reactive ketones (excluding diaryl/α,β-unsaturated/α-hetero) is 1. The number of aliphatic hydroxyl groups is 1. The van der Waals surface area contributed by atoms with E-state index in [-0.39, 0.29) is 17.4 Å². The molecule has 41 heavy (non-hydrogen) atoms. The number of aryl methyl sites for hydroxylation is 1. The number of amides is 1. The number of aliphatic hydroxyl groups excluding tert-OH is 1. The van der Waals surface area contributed by atoms with Gasteiger partial charge in [-0.15, -0.1) is 0 Å². The highest BCUT2D eigenvalue weighted by atomic mass is 32.1. The molecule has 0 bridgehead atoms. The first-order valence-electron chi connectivity index (χ1n) is 13.9. The third-order valence-corrected chi connectivity index (χ3v) is 8.51. The summed E-state index contributed by atoms with van der Waals surface area (Å²) in [6.07, 6.45) is 1.64. The number of aromatic nitrogens is 1.